The first-order valence-corrected chi connectivity index (χ1v) is 7.16. The van der Waals surface area contributed by atoms with Crippen molar-refractivity contribution in [1.82, 2.24) is 0 Å². The van der Waals surface area contributed by atoms with E-state index < -0.39 is 0 Å². The van der Waals surface area contributed by atoms with Gasteiger partial charge in [-0.3, -0.25) is 0 Å². The third-order valence-corrected chi connectivity index (χ3v) is 3.92. The van der Waals surface area contributed by atoms with Gasteiger partial charge in [-0.15, -0.1) is 0 Å². The maximum absolute atomic E-state index is 9.38. The molecule has 1 unspecified atom stereocenters. The molecule has 1 atom stereocenters. The molecule has 0 saturated carbocycles. The van der Waals surface area contributed by atoms with E-state index >= 15 is 0 Å². The highest BCUT2D eigenvalue weighted by atomic mass is 14.3. The van der Waals surface area contributed by atoms with Crippen molar-refractivity contribution in [2.75, 3.05) is 0 Å². The van der Waals surface area contributed by atoms with E-state index in [1.165, 1.54) is 0 Å². The lowest BCUT2D eigenvalue weighted by atomic mass is 9.79. The van der Waals surface area contributed by atoms with E-state index in [0.29, 0.717) is 18.3 Å². The fourth-order valence-corrected chi connectivity index (χ4v) is 2.51. The standard InChI is InChI=1S/C16H26N2/c1-5-13(6-2)11-15(12-18)16(9-10-17)14(7-3)8-4/h11,13-14,16H,5-9H2,1-4H3/b15-11+. The summed E-state index contributed by atoms with van der Waals surface area (Å²) in [6, 6.07) is 4.59. The van der Waals surface area contributed by atoms with Gasteiger partial charge in [-0.1, -0.05) is 46.6 Å². The topological polar surface area (TPSA) is 47.6 Å². The SMILES string of the molecule is CCC(/C=C(\C#N)C(CC#N)C(CC)CC)CC. The first kappa shape index (κ1) is 16.7. The normalized spacial score (nSPS) is 13.4. The average Bonchev–Trinajstić information content (AvgIpc) is 2.41. The van der Waals surface area contributed by atoms with Gasteiger partial charge >= 0.3 is 0 Å². The second kappa shape index (κ2) is 9.72. The van der Waals surface area contributed by atoms with E-state index in [1.807, 2.05) is 0 Å². The highest BCUT2D eigenvalue weighted by molar-refractivity contribution is 5.26. The van der Waals surface area contributed by atoms with Crippen LogP contribution in [0.1, 0.15) is 59.8 Å². The first-order chi connectivity index (χ1) is 8.68. The predicted molar refractivity (Wildman–Crippen MR) is 75.6 cm³/mol. The zero-order chi connectivity index (χ0) is 14.0. The molecule has 0 aromatic rings. The van der Waals surface area contributed by atoms with Gasteiger partial charge in [0.1, 0.15) is 0 Å². The Hall–Kier alpha value is -1.28. The van der Waals surface area contributed by atoms with Crippen molar-refractivity contribution in [2.24, 2.45) is 17.8 Å². The van der Waals surface area contributed by atoms with Crippen molar-refractivity contribution >= 4 is 0 Å². The average molecular weight is 246 g/mol. The van der Waals surface area contributed by atoms with Crippen molar-refractivity contribution in [2.45, 2.75) is 59.8 Å². The third-order valence-electron chi connectivity index (χ3n) is 3.92. The van der Waals surface area contributed by atoms with Crippen molar-refractivity contribution in [3.63, 3.8) is 0 Å². The molecular weight excluding hydrogens is 220 g/mol. The zero-order valence-electron chi connectivity index (χ0n) is 12.2. The lowest BCUT2D eigenvalue weighted by Gasteiger charge is -2.23. The third kappa shape index (κ3) is 4.92. The molecule has 0 aliphatic rings. The molecular formula is C16H26N2. The van der Waals surface area contributed by atoms with Crippen LogP contribution in [0.3, 0.4) is 0 Å². The zero-order valence-corrected chi connectivity index (χ0v) is 12.2. The van der Waals surface area contributed by atoms with Crippen molar-refractivity contribution in [1.29, 1.82) is 10.5 Å². The van der Waals surface area contributed by atoms with E-state index in [0.717, 1.165) is 31.3 Å². The Kier molecular flexibility index (Phi) is 9.03. The molecule has 0 N–H and O–H groups in total. The highest BCUT2D eigenvalue weighted by Crippen LogP contribution is 2.30. The molecule has 0 fully saturated rings. The fraction of sp³-hybridized carbons (Fsp3) is 0.750. The van der Waals surface area contributed by atoms with Gasteiger partial charge in [0.2, 0.25) is 0 Å². The Labute approximate surface area is 112 Å². The lowest BCUT2D eigenvalue weighted by Crippen LogP contribution is -2.16. The number of nitriles is 2. The van der Waals surface area contributed by atoms with Crippen LogP contribution >= 0.6 is 0 Å². The maximum atomic E-state index is 9.38. The number of nitrogens with zero attached hydrogens (tertiary/aromatic N) is 2. The molecule has 0 bridgehead atoms. The summed E-state index contributed by atoms with van der Waals surface area (Å²) in [5, 5.41) is 18.4. The maximum Gasteiger partial charge on any atom is 0.0947 e. The molecule has 0 heterocycles. The van der Waals surface area contributed by atoms with Crippen LogP contribution in [0.25, 0.3) is 0 Å². The Morgan fingerprint density at radius 1 is 1.00 bits per heavy atom. The van der Waals surface area contributed by atoms with E-state index in [2.05, 4.69) is 45.9 Å². The second-order valence-corrected chi connectivity index (χ2v) is 4.86. The van der Waals surface area contributed by atoms with Crippen LogP contribution < -0.4 is 0 Å². The summed E-state index contributed by atoms with van der Waals surface area (Å²) >= 11 is 0. The quantitative estimate of drug-likeness (QED) is 0.575. The summed E-state index contributed by atoms with van der Waals surface area (Å²) in [4.78, 5) is 0. The highest BCUT2D eigenvalue weighted by Gasteiger charge is 2.23. The molecule has 18 heavy (non-hydrogen) atoms. The molecule has 100 valence electrons. The smallest absolute Gasteiger partial charge is 0.0947 e. The largest absolute Gasteiger partial charge is 0.198 e. The van der Waals surface area contributed by atoms with E-state index in [4.69, 9.17) is 5.26 Å². The van der Waals surface area contributed by atoms with Crippen molar-refractivity contribution in [3.8, 4) is 12.1 Å². The summed E-state index contributed by atoms with van der Waals surface area (Å²) in [5.41, 5.74) is 0.832. The summed E-state index contributed by atoms with van der Waals surface area (Å²) in [6.45, 7) is 8.58. The van der Waals surface area contributed by atoms with Gasteiger partial charge in [-0.2, -0.15) is 10.5 Å². The molecule has 0 spiro atoms. The molecule has 0 aromatic heterocycles. The van der Waals surface area contributed by atoms with Gasteiger partial charge in [0.25, 0.3) is 0 Å². The predicted octanol–water partition coefficient (Wildman–Crippen LogP) is 4.84. The van der Waals surface area contributed by atoms with Crippen LogP contribution in [0, 0.1) is 40.4 Å². The van der Waals surface area contributed by atoms with Crippen LogP contribution in [-0.4, -0.2) is 0 Å². The molecule has 2 nitrogen and oxygen atoms in total. The van der Waals surface area contributed by atoms with Crippen LogP contribution in [0.15, 0.2) is 11.6 Å². The van der Waals surface area contributed by atoms with E-state index in [9.17, 15) is 5.26 Å². The Morgan fingerprint density at radius 3 is 1.89 bits per heavy atom. The lowest BCUT2D eigenvalue weighted by molar-refractivity contribution is 0.363. The minimum absolute atomic E-state index is 0.121. The summed E-state index contributed by atoms with van der Waals surface area (Å²) in [5.74, 6) is 1.04. The Balaban J connectivity index is 5.17. The fourth-order valence-electron chi connectivity index (χ4n) is 2.51. The second-order valence-electron chi connectivity index (χ2n) is 4.86. The minimum atomic E-state index is 0.121. The van der Waals surface area contributed by atoms with Gasteiger partial charge in [0, 0.05) is 17.9 Å². The molecule has 0 amide bonds. The van der Waals surface area contributed by atoms with Crippen molar-refractivity contribution < 1.29 is 0 Å². The van der Waals surface area contributed by atoms with Crippen LogP contribution in [0.2, 0.25) is 0 Å². The number of rotatable bonds is 8. The molecule has 0 aliphatic heterocycles. The van der Waals surface area contributed by atoms with E-state index in [1.54, 1.807) is 0 Å². The van der Waals surface area contributed by atoms with Gasteiger partial charge in [0.05, 0.1) is 12.1 Å². The summed E-state index contributed by atoms with van der Waals surface area (Å²) in [7, 11) is 0. The molecule has 0 aromatic carbocycles. The van der Waals surface area contributed by atoms with Gasteiger partial charge in [-0.05, 0) is 24.7 Å². The van der Waals surface area contributed by atoms with Crippen LogP contribution in [-0.2, 0) is 0 Å². The molecule has 0 rings (SSSR count). The van der Waals surface area contributed by atoms with Crippen LogP contribution in [0.4, 0.5) is 0 Å². The molecule has 0 radical (unpaired) electrons. The molecule has 2 heteroatoms. The number of hydrogen-bond donors (Lipinski definition) is 0. The van der Waals surface area contributed by atoms with Crippen LogP contribution in [0.5, 0.6) is 0 Å². The monoisotopic (exact) mass is 246 g/mol. The molecule has 0 saturated heterocycles. The van der Waals surface area contributed by atoms with Gasteiger partial charge in [0.15, 0.2) is 0 Å². The first-order valence-electron chi connectivity index (χ1n) is 7.16. The van der Waals surface area contributed by atoms with E-state index in [-0.39, 0.29) is 5.92 Å². The summed E-state index contributed by atoms with van der Waals surface area (Å²) in [6.07, 6.45) is 6.76. The number of allylic oxidation sites excluding steroid dienone is 2. The van der Waals surface area contributed by atoms with Crippen molar-refractivity contribution in [3.05, 3.63) is 11.6 Å². The summed E-state index contributed by atoms with van der Waals surface area (Å²) < 4.78 is 0. The van der Waals surface area contributed by atoms with Gasteiger partial charge < -0.3 is 0 Å². The van der Waals surface area contributed by atoms with Gasteiger partial charge in [-0.25, -0.2) is 0 Å². The Morgan fingerprint density at radius 2 is 1.56 bits per heavy atom. The Bertz CT molecular complexity index is 322. The molecule has 0 aliphatic carbocycles. The minimum Gasteiger partial charge on any atom is -0.198 e. The number of hydrogen-bond acceptors (Lipinski definition) is 2.